The molecule has 5 heteroatoms. The zero-order chi connectivity index (χ0) is 16.4. The number of aliphatic imine (C=N–C) groups is 1. The molecule has 5 nitrogen and oxygen atoms in total. The molecule has 1 atom stereocenters. The maximum Gasteiger partial charge on any atom is 0.151 e. The highest BCUT2D eigenvalue weighted by atomic mass is 15.5. The largest absolute Gasteiger partial charge is 0.367 e. The summed E-state index contributed by atoms with van der Waals surface area (Å²) in [6, 6.07) is 0.819. The summed E-state index contributed by atoms with van der Waals surface area (Å²) >= 11 is 0. The van der Waals surface area contributed by atoms with Crippen LogP contribution in [-0.2, 0) is 0 Å². The van der Waals surface area contributed by atoms with Gasteiger partial charge < -0.3 is 11.1 Å². The lowest BCUT2D eigenvalue weighted by Gasteiger charge is -2.33. The number of hydrazone groups is 1. The maximum absolute atomic E-state index is 6.02. The fourth-order valence-corrected chi connectivity index (χ4v) is 3.52. The molecule has 2 aliphatic carbocycles. The second-order valence-corrected chi connectivity index (χ2v) is 7.05. The van der Waals surface area contributed by atoms with Gasteiger partial charge in [-0.1, -0.05) is 6.92 Å². The Morgan fingerprint density at radius 3 is 2.61 bits per heavy atom. The van der Waals surface area contributed by atoms with Crippen molar-refractivity contribution >= 4 is 12.4 Å². The van der Waals surface area contributed by atoms with Gasteiger partial charge in [0, 0.05) is 36.5 Å². The van der Waals surface area contributed by atoms with Crippen molar-refractivity contribution < 1.29 is 0 Å². The van der Waals surface area contributed by atoms with Crippen LogP contribution in [0.2, 0.25) is 0 Å². The molecular weight excluding hydrogens is 286 g/mol. The number of nitrogens with two attached hydrogens (primary N) is 1. The minimum Gasteiger partial charge on any atom is -0.367 e. The van der Waals surface area contributed by atoms with Gasteiger partial charge >= 0.3 is 0 Å². The monoisotopic (exact) mass is 315 g/mol. The Balaban J connectivity index is 1.78. The molecule has 1 unspecified atom stereocenters. The van der Waals surface area contributed by atoms with Gasteiger partial charge in [-0.2, -0.15) is 5.10 Å². The van der Waals surface area contributed by atoms with Crippen molar-refractivity contribution in [1.29, 1.82) is 0 Å². The zero-order valence-corrected chi connectivity index (χ0v) is 14.3. The van der Waals surface area contributed by atoms with Crippen molar-refractivity contribution in [1.82, 2.24) is 10.3 Å². The van der Waals surface area contributed by atoms with E-state index in [1.165, 1.54) is 12.8 Å². The Morgan fingerprint density at radius 2 is 2.04 bits per heavy atom. The Kier molecular flexibility index (Phi) is 4.85. The Labute approximate surface area is 139 Å². The molecule has 2 saturated carbocycles. The second kappa shape index (κ2) is 6.87. The Morgan fingerprint density at radius 1 is 1.35 bits per heavy atom. The van der Waals surface area contributed by atoms with E-state index in [0.29, 0.717) is 18.0 Å². The van der Waals surface area contributed by atoms with Gasteiger partial charge in [-0.3, -0.25) is 0 Å². The third-order valence-electron chi connectivity index (χ3n) is 5.29. The number of hydrogen-bond donors (Lipinski definition) is 2. The SMILES string of the molecule is C=NN1C(N[C@H]2CC[C@H](N)CC2)=CC(C(C)C2CC2)=N/C1=C/C. The van der Waals surface area contributed by atoms with Gasteiger partial charge in [0.1, 0.15) is 5.82 Å². The highest BCUT2D eigenvalue weighted by Gasteiger charge is 2.33. The zero-order valence-electron chi connectivity index (χ0n) is 14.3. The van der Waals surface area contributed by atoms with Crippen LogP contribution < -0.4 is 11.1 Å². The molecule has 1 heterocycles. The first-order valence-corrected chi connectivity index (χ1v) is 8.87. The second-order valence-electron chi connectivity index (χ2n) is 7.05. The average molecular weight is 315 g/mol. The molecule has 3 N–H and O–H groups in total. The van der Waals surface area contributed by atoms with Crippen molar-refractivity contribution in [2.75, 3.05) is 0 Å². The Bertz CT molecular complexity index is 536. The summed E-state index contributed by atoms with van der Waals surface area (Å²) in [5.74, 6) is 3.17. The van der Waals surface area contributed by atoms with Crippen LogP contribution in [0.25, 0.3) is 0 Å². The fraction of sp³-hybridized carbons (Fsp3) is 0.667. The summed E-state index contributed by atoms with van der Waals surface area (Å²) in [6.45, 7) is 8.01. The molecule has 0 aromatic carbocycles. The molecule has 0 radical (unpaired) electrons. The van der Waals surface area contributed by atoms with Gasteiger partial charge in [0.25, 0.3) is 0 Å². The third-order valence-corrected chi connectivity index (χ3v) is 5.29. The predicted octanol–water partition coefficient (Wildman–Crippen LogP) is 2.97. The van der Waals surface area contributed by atoms with E-state index in [1.807, 2.05) is 18.0 Å². The molecule has 0 aromatic heterocycles. The number of nitrogens with one attached hydrogen (secondary N) is 1. The van der Waals surface area contributed by atoms with Crippen molar-refractivity contribution in [2.45, 2.75) is 64.5 Å². The van der Waals surface area contributed by atoms with E-state index >= 15 is 0 Å². The van der Waals surface area contributed by atoms with Crippen LogP contribution in [0.4, 0.5) is 0 Å². The van der Waals surface area contributed by atoms with Gasteiger partial charge in [-0.05, 0) is 57.4 Å². The number of nitrogens with zero attached hydrogens (tertiary/aromatic N) is 3. The summed E-state index contributed by atoms with van der Waals surface area (Å²) in [6.07, 6.45) is 11.2. The normalized spacial score (nSPS) is 31.4. The van der Waals surface area contributed by atoms with E-state index in [-0.39, 0.29) is 0 Å². The first-order chi connectivity index (χ1) is 11.1. The average Bonchev–Trinajstić information content (AvgIpc) is 3.40. The Hall–Kier alpha value is -1.62. The molecule has 126 valence electrons. The van der Waals surface area contributed by atoms with Gasteiger partial charge in [-0.15, -0.1) is 0 Å². The summed E-state index contributed by atoms with van der Waals surface area (Å²) < 4.78 is 0. The molecule has 0 aromatic rings. The molecule has 1 aliphatic heterocycles. The number of rotatable bonds is 5. The summed E-state index contributed by atoms with van der Waals surface area (Å²) in [7, 11) is 0. The van der Waals surface area contributed by atoms with Gasteiger partial charge in [0.15, 0.2) is 5.82 Å². The van der Waals surface area contributed by atoms with Gasteiger partial charge in [0.05, 0.1) is 0 Å². The number of hydrogen-bond acceptors (Lipinski definition) is 5. The highest BCUT2D eigenvalue weighted by molar-refractivity contribution is 5.98. The molecule has 0 saturated heterocycles. The van der Waals surface area contributed by atoms with Crippen LogP contribution in [0.15, 0.2) is 33.9 Å². The summed E-state index contributed by atoms with van der Waals surface area (Å²) in [5, 5.41) is 9.65. The summed E-state index contributed by atoms with van der Waals surface area (Å²) in [4.78, 5) is 4.80. The van der Waals surface area contributed by atoms with E-state index in [2.05, 4.69) is 30.1 Å². The highest BCUT2D eigenvalue weighted by Crippen LogP contribution is 2.39. The van der Waals surface area contributed by atoms with E-state index < -0.39 is 0 Å². The van der Waals surface area contributed by atoms with Gasteiger partial charge in [0.2, 0.25) is 0 Å². The molecule has 0 spiro atoms. The first-order valence-electron chi connectivity index (χ1n) is 8.87. The molecule has 0 amide bonds. The van der Waals surface area contributed by atoms with Crippen LogP contribution in [0.5, 0.6) is 0 Å². The number of allylic oxidation sites excluding steroid dienone is 2. The molecule has 3 aliphatic rings. The van der Waals surface area contributed by atoms with Crippen LogP contribution in [0.3, 0.4) is 0 Å². The molecular formula is C18H29N5. The van der Waals surface area contributed by atoms with Crippen LogP contribution >= 0.6 is 0 Å². The molecule has 2 fully saturated rings. The smallest absolute Gasteiger partial charge is 0.151 e. The predicted molar refractivity (Wildman–Crippen MR) is 95.9 cm³/mol. The van der Waals surface area contributed by atoms with E-state index in [1.54, 1.807) is 0 Å². The van der Waals surface area contributed by atoms with E-state index in [4.69, 9.17) is 10.7 Å². The lowest BCUT2D eigenvalue weighted by atomic mass is 9.91. The maximum atomic E-state index is 6.02. The van der Waals surface area contributed by atoms with Crippen LogP contribution in [-0.4, -0.2) is 29.5 Å². The third kappa shape index (κ3) is 3.66. The van der Waals surface area contributed by atoms with Crippen molar-refractivity contribution in [2.24, 2.45) is 27.7 Å². The lowest BCUT2D eigenvalue weighted by Crippen LogP contribution is -2.41. The first kappa shape index (κ1) is 16.2. The molecule has 23 heavy (non-hydrogen) atoms. The van der Waals surface area contributed by atoms with E-state index in [0.717, 1.165) is 49.0 Å². The minimum atomic E-state index is 0.361. The van der Waals surface area contributed by atoms with Crippen LogP contribution in [0.1, 0.15) is 52.4 Å². The standard InChI is InChI=1S/C18H29N5/c1-4-17-22-16(12(2)13-5-6-13)11-18(23(17)20-3)21-15-9-7-14(19)8-10-15/h4,11-15,21H,3,5-10,19H2,1-2H3/b17-4-/t12?,14-,15-. The van der Waals surface area contributed by atoms with Crippen molar-refractivity contribution in [3.63, 3.8) is 0 Å². The van der Waals surface area contributed by atoms with Crippen LogP contribution in [0, 0.1) is 11.8 Å². The molecule has 3 rings (SSSR count). The summed E-state index contributed by atoms with van der Waals surface area (Å²) in [5.41, 5.74) is 7.18. The van der Waals surface area contributed by atoms with E-state index in [9.17, 15) is 0 Å². The lowest BCUT2D eigenvalue weighted by molar-refractivity contribution is 0.318. The van der Waals surface area contributed by atoms with Crippen molar-refractivity contribution in [3.8, 4) is 0 Å². The topological polar surface area (TPSA) is 66.0 Å². The minimum absolute atomic E-state index is 0.361. The van der Waals surface area contributed by atoms with Crippen molar-refractivity contribution in [3.05, 3.63) is 23.8 Å². The molecule has 0 bridgehead atoms. The fourth-order valence-electron chi connectivity index (χ4n) is 3.52. The van der Waals surface area contributed by atoms with Gasteiger partial charge in [-0.25, -0.2) is 10.0 Å². The quantitative estimate of drug-likeness (QED) is 0.767.